The van der Waals surface area contributed by atoms with Gasteiger partial charge in [-0.05, 0) is 6.42 Å². The molecule has 2 aliphatic carbocycles. The number of ketones is 1. The second-order valence-electron chi connectivity index (χ2n) is 4.90. The molecule has 4 atom stereocenters. The first kappa shape index (κ1) is 13.5. The minimum atomic E-state index is -1.36. The fourth-order valence-corrected chi connectivity index (χ4v) is 6.86. The molecule has 0 N–H and O–H groups in total. The second kappa shape index (κ2) is 3.56. The third kappa shape index (κ3) is 0.920. The van der Waals surface area contributed by atoms with E-state index in [0.717, 1.165) is 0 Å². The molecule has 5 nitrogen and oxygen atoms in total. The molecular weight excluding hydrogens is 372 g/mol. The van der Waals surface area contributed by atoms with Crippen LogP contribution in [0.15, 0.2) is 0 Å². The topological polar surface area (TPSA) is 54.0 Å². The van der Waals surface area contributed by atoms with Crippen molar-refractivity contribution in [3.63, 3.8) is 0 Å². The Morgan fingerprint density at radius 1 is 1.22 bits per heavy atom. The van der Waals surface area contributed by atoms with Crippen LogP contribution < -0.4 is 0 Å². The number of hydrogen-bond acceptors (Lipinski definition) is 5. The van der Waals surface area contributed by atoms with E-state index in [2.05, 4.69) is 31.9 Å². The number of halogens is 2. The van der Waals surface area contributed by atoms with Crippen molar-refractivity contribution in [2.24, 2.45) is 5.92 Å². The Bertz CT molecular complexity index is 426. The first-order valence-electron chi connectivity index (χ1n) is 5.62. The lowest BCUT2D eigenvalue weighted by molar-refractivity contribution is -0.250. The van der Waals surface area contributed by atoms with Gasteiger partial charge in [0.25, 0.3) is 5.79 Å². The highest BCUT2D eigenvalue weighted by molar-refractivity contribution is 9.11. The van der Waals surface area contributed by atoms with Gasteiger partial charge in [0.15, 0.2) is 0 Å². The standard InChI is InChI=1S/C11H14Br2O5/c1-15-10-7(14)8(12)4-6(5-18-10)9(10,13)11(8,16-2)17-3/h6H,4-5H2,1-3H3/t6-,8-,9+,10-/m1/s1. The van der Waals surface area contributed by atoms with Crippen molar-refractivity contribution in [1.29, 1.82) is 0 Å². The van der Waals surface area contributed by atoms with E-state index in [0.29, 0.717) is 13.0 Å². The molecule has 0 unspecified atom stereocenters. The monoisotopic (exact) mass is 384 g/mol. The number of Topliss-reactive ketones (excluding diaryl/α,β-unsaturated/α-hetero) is 1. The summed E-state index contributed by atoms with van der Waals surface area (Å²) in [6, 6.07) is 0. The quantitative estimate of drug-likeness (QED) is 0.540. The Kier molecular flexibility index (Phi) is 2.66. The molecule has 18 heavy (non-hydrogen) atoms. The van der Waals surface area contributed by atoms with E-state index in [1.807, 2.05) is 0 Å². The van der Waals surface area contributed by atoms with Gasteiger partial charge in [0.1, 0.15) is 8.65 Å². The summed E-state index contributed by atoms with van der Waals surface area (Å²) in [6.07, 6.45) is 0.587. The smallest absolute Gasteiger partial charge is 0.252 e. The number of carbonyl (C=O) groups excluding carboxylic acids is 1. The third-order valence-electron chi connectivity index (χ3n) is 4.58. The lowest BCUT2D eigenvalue weighted by Gasteiger charge is -2.41. The number of ether oxygens (including phenoxy) is 4. The maximum Gasteiger partial charge on any atom is 0.252 e. The van der Waals surface area contributed by atoms with Gasteiger partial charge in [-0.25, -0.2) is 0 Å². The Labute approximate surface area is 122 Å². The van der Waals surface area contributed by atoms with Crippen LogP contribution in [-0.2, 0) is 23.7 Å². The van der Waals surface area contributed by atoms with Crippen molar-refractivity contribution >= 4 is 37.6 Å². The van der Waals surface area contributed by atoms with Crippen LogP contribution in [-0.4, -0.2) is 53.9 Å². The van der Waals surface area contributed by atoms with Gasteiger partial charge in [0, 0.05) is 27.2 Å². The van der Waals surface area contributed by atoms with Gasteiger partial charge in [-0.1, -0.05) is 31.9 Å². The fourth-order valence-electron chi connectivity index (χ4n) is 3.89. The number of methoxy groups -OCH3 is 3. The van der Waals surface area contributed by atoms with Gasteiger partial charge in [-0.15, -0.1) is 0 Å². The van der Waals surface area contributed by atoms with Crippen LogP contribution in [0.2, 0.25) is 0 Å². The molecule has 0 aromatic rings. The summed E-state index contributed by atoms with van der Waals surface area (Å²) < 4.78 is 20.6. The Hall–Kier alpha value is 0.470. The molecule has 7 heteroatoms. The summed E-state index contributed by atoms with van der Waals surface area (Å²) in [4.78, 5) is 12.8. The highest BCUT2D eigenvalue weighted by Gasteiger charge is 2.93. The molecule has 0 amide bonds. The van der Waals surface area contributed by atoms with Crippen molar-refractivity contribution in [1.82, 2.24) is 0 Å². The largest absolute Gasteiger partial charge is 0.350 e. The molecule has 102 valence electrons. The van der Waals surface area contributed by atoms with Crippen LogP contribution in [0.5, 0.6) is 0 Å². The summed E-state index contributed by atoms with van der Waals surface area (Å²) in [5, 5.41) is 0. The van der Waals surface area contributed by atoms with E-state index < -0.39 is 20.2 Å². The highest BCUT2D eigenvalue weighted by atomic mass is 79.9. The third-order valence-corrected chi connectivity index (χ3v) is 7.48. The Morgan fingerprint density at radius 2 is 1.83 bits per heavy atom. The lowest BCUT2D eigenvalue weighted by atomic mass is 9.86. The van der Waals surface area contributed by atoms with Crippen LogP contribution in [0, 0.1) is 5.92 Å². The molecule has 1 saturated heterocycles. The zero-order valence-electron chi connectivity index (χ0n) is 10.3. The second-order valence-corrected chi connectivity index (χ2v) is 7.50. The van der Waals surface area contributed by atoms with Crippen LogP contribution in [0.4, 0.5) is 0 Å². The number of carbonyl (C=O) groups is 1. The molecule has 0 aromatic carbocycles. The van der Waals surface area contributed by atoms with Crippen molar-refractivity contribution in [3.05, 3.63) is 0 Å². The Balaban J connectivity index is 2.31. The van der Waals surface area contributed by atoms with Gasteiger partial charge in [-0.3, -0.25) is 4.79 Å². The number of alkyl halides is 2. The van der Waals surface area contributed by atoms with E-state index >= 15 is 0 Å². The van der Waals surface area contributed by atoms with Gasteiger partial charge >= 0.3 is 0 Å². The molecule has 3 fully saturated rings. The maximum atomic E-state index is 12.8. The molecule has 1 aliphatic heterocycles. The van der Waals surface area contributed by atoms with Gasteiger partial charge in [0.05, 0.1) is 6.61 Å². The first-order chi connectivity index (χ1) is 8.40. The summed E-state index contributed by atoms with van der Waals surface area (Å²) in [6.45, 7) is 0.437. The average molecular weight is 386 g/mol. The van der Waals surface area contributed by atoms with Crippen molar-refractivity contribution in [3.8, 4) is 0 Å². The number of hydrogen-bond donors (Lipinski definition) is 0. The summed E-state index contributed by atoms with van der Waals surface area (Å²) in [5.41, 5.74) is 0. The van der Waals surface area contributed by atoms with Crippen LogP contribution in [0.25, 0.3) is 0 Å². The fraction of sp³-hybridized carbons (Fsp3) is 0.909. The molecule has 3 aliphatic rings. The van der Waals surface area contributed by atoms with Gasteiger partial charge < -0.3 is 18.9 Å². The van der Waals surface area contributed by atoms with E-state index in [9.17, 15) is 4.79 Å². The van der Waals surface area contributed by atoms with E-state index in [1.165, 1.54) is 21.3 Å². The SMILES string of the molecule is COC1(OC)[C@@]2(Br)C[C@@H]3CO[C@](OC)(C2=O)[C@@]31Br. The molecule has 0 aromatic heterocycles. The van der Waals surface area contributed by atoms with Gasteiger partial charge in [0.2, 0.25) is 11.6 Å². The van der Waals surface area contributed by atoms with Crippen LogP contribution >= 0.6 is 31.9 Å². The van der Waals surface area contributed by atoms with Crippen molar-refractivity contribution in [2.75, 3.05) is 27.9 Å². The van der Waals surface area contributed by atoms with Crippen molar-refractivity contribution in [2.45, 2.75) is 26.6 Å². The maximum absolute atomic E-state index is 12.8. The summed E-state index contributed by atoms with van der Waals surface area (Å²) in [7, 11) is 4.53. The van der Waals surface area contributed by atoms with E-state index in [-0.39, 0.29) is 11.7 Å². The molecule has 0 radical (unpaired) electrons. The first-order valence-corrected chi connectivity index (χ1v) is 7.21. The summed E-state index contributed by atoms with van der Waals surface area (Å²) in [5.74, 6) is -2.61. The summed E-state index contributed by atoms with van der Waals surface area (Å²) >= 11 is 7.20. The molecule has 3 rings (SSSR count). The lowest BCUT2D eigenvalue weighted by Crippen LogP contribution is -2.60. The predicted molar refractivity (Wildman–Crippen MR) is 68.9 cm³/mol. The van der Waals surface area contributed by atoms with Crippen LogP contribution in [0.1, 0.15) is 6.42 Å². The van der Waals surface area contributed by atoms with Gasteiger partial charge in [-0.2, -0.15) is 0 Å². The zero-order valence-corrected chi connectivity index (χ0v) is 13.5. The average Bonchev–Trinajstić information content (AvgIpc) is 2.74. The van der Waals surface area contributed by atoms with Crippen molar-refractivity contribution < 1.29 is 23.7 Å². The Morgan fingerprint density at radius 3 is 2.28 bits per heavy atom. The molecular formula is C11H14Br2O5. The number of fused-ring (bicyclic) bond motifs is 1. The molecule has 2 bridgehead atoms. The number of rotatable bonds is 3. The molecule has 0 spiro atoms. The predicted octanol–water partition coefficient (Wildman–Crippen LogP) is 1.22. The highest BCUT2D eigenvalue weighted by Crippen LogP contribution is 2.74. The van der Waals surface area contributed by atoms with E-state index in [1.54, 1.807) is 0 Å². The normalized spacial score (nSPS) is 52.3. The van der Waals surface area contributed by atoms with Crippen LogP contribution in [0.3, 0.4) is 0 Å². The molecule has 1 heterocycles. The van der Waals surface area contributed by atoms with E-state index in [4.69, 9.17) is 18.9 Å². The minimum absolute atomic E-state index is 0.0782. The molecule has 2 saturated carbocycles. The zero-order chi connectivity index (χ0) is 13.4. The minimum Gasteiger partial charge on any atom is -0.350 e.